The molecule has 1 N–H and O–H groups in total. The Hall–Kier alpha value is -2.39. The van der Waals surface area contributed by atoms with E-state index < -0.39 is 0 Å². The van der Waals surface area contributed by atoms with E-state index in [0.29, 0.717) is 12.2 Å². The van der Waals surface area contributed by atoms with Crippen molar-refractivity contribution in [2.75, 3.05) is 5.32 Å². The number of allylic oxidation sites excluding steroid dienone is 1. The summed E-state index contributed by atoms with van der Waals surface area (Å²) < 4.78 is 0. The number of hydrogen-bond donors (Lipinski definition) is 1. The Kier molecular flexibility index (Phi) is 3.38. The quantitative estimate of drug-likeness (QED) is 0.559. The van der Waals surface area contributed by atoms with Crippen LogP contribution in [0.5, 0.6) is 0 Å². The number of carbonyl (C=O) groups excluding carboxylic acids is 1. The molecule has 5 rings (SSSR count). The van der Waals surface area contributed by atoms with Crippen LogP contribution in [-0.4, -0.2) is 5.78 Å². The van der Waals surface area contributed by atoms with Gasteiger partial charge in [-0.15, -0.1) is 11.3 Å². The molecule has 0 saturated heterocycles. The first-order valence-corrected chi connectivity index (χ1v) is 10.00. The van der Waals surface area contributed by atoms with Crippen molar-refractivity contribution in [1.82, 2.24) is 0 Å². The number of nitrogens with one attached hydrogen (secondary N) is 1. The van der Waals surface area contributed by atoms with Crippen LogP contribution in [0.15, 0.2) is 59.5 Å². The van der Waals surface area contributed by atoms with Crippen LogP contribution in [0.3, 0.4) is 0 Å². The highest BCUT2D eigenvalue weighted by Crippen LogP contribution is 2.52. The monoisotopic (exact) mass is 359 g/mol. The van der Waals surface area contributed by atoms with E-state index in [4.69, 9.17) is 0 Å². The van der Waals surface area contributed by atoms with E-state index >= 15 is 0 Å². The first kappa shape index (κ1) is 15.8. The summed E-state index contributed by atoms with van der Waals surface area (Å²) in [7, 11) is 0. The molecule has 0 saturated carbocycles. The number of hydrogen-bond acceptors (Lipinski definition) is 3. The fourth-order valence-corrected chi connectivity index (χ4v) is 5.29. The molecular weight excluding hydrogens is 338 g/mol. The Balaban J connectivity index is 1.83. The van der Waals surface area contributed by atoms with Gasteiger partial charge in [0.15, 0.2) is 5.78 Å². The van der Waals surface area contributed by atoms with Crippen molar-refractivity contribution in [1.29, 1.82) is 0 Å². The Labute approximate surface area is 157 Å². The maximum atomic E-state index is 13.2. The number of ketones is 1. The van der Waals surface area contributed by atoms with E-state index in [1.807, 2.05) is 0 Å². The van der Waals surface area contributed by atoms with E-state index in [2.05, 4.69) is 73.1 Å². The maximum Gasteiger partial charge on any atom is 0.162 e. The van der Waals surface area contributed by atoms with Gasteiger partial charge in [-0.25, -0.2) is 0 Å². The van der Waals surface area contributed by atoms with E-state index in [9.17, 15) is 4.79 Å². The molecule has 1 aromatic heterocycles. The lowest BCUT2D eigenvalue weighted by atomic mass is 9.68. The summed E-state index contributed by atoms with van der Waals surface area (Å²) in [6, 6.07) is 17.0. The van der Waals surface area contributed by atoms with Crippen molar-refractivity contribution in [3.63, 3.8) is 0 Å². The zero-order valence-electron chi connectivity index (χ0n) is 15.0. The molecule has 130 valence electrons. The van der Waals surface area contributed by atoms with Gasteiger partial charge in [0.25, 0.3) is 0 Å². The van der Waals surface area contributed by atoms with Gasteiger partial charge in [-0.2, -0.15) is 0 Å². The maximum absolute atomic E-state index is 13.2. The summed E-state index contributed by atoms with van der Waals surface area (Å²) in [5.41, 5.74) is 4.60. The summed E-state index contributed by atoms with van der Waals surface area (Å²) in [6.45, 7) is 4.42. The molecule has 3 heteroatoms. The standard InChI is InChI=1S/C23H21NOS/c1-23(2)12-16-20-15-7-4-3-6-14(15)9-10-17(20)24-22(19-8-5-11-26-19)21(16)18(25)13-23/h3-11,22,24H,12-13H2,1-2H3/t22-/m1/s1. The highest BCUT2D eigenvalue weighted by atomic mass is 32.1. The lowest BCUT2D eigenvalue weighted by molar-refractivity contribution is -0.118. The normalized spacial score (nSPS) is 21.3. The second kappa shape index (κ2) is 5.55. The third-order valence-electron chi connectivity index (χ3n) is 5.57. The summed E-state index contributed by atoms with van der Waals surface area (Å²) in [4.78, 5) is 14.4. The fraction of sp³-hybridized carbons (Fsp3) is 0.261. The number of anilines is 1. The van der Waals surface area contributed by atoms with E-state index in [1.54, 1.807) is 11.3 Å². The summed E-state index contributed by atoms with van der Waals surface area (Å²) >= 11 is 1.72. The van der Waals surface area contributed by atoms with Crippen LogP contribution in [0.4, 0.5) is 5.69 Å². The van der Waals surface area contributed by atoms with Crippen LogP contribution in [0.25, 0.3) is 16.3 Å². The third kappa shape index (κ3) is 2.34. The summed E-state index contributed by atoms with van der Waals surface area (Å²) in [5.74, 6) is 0.292. The molecule has 26 heavy (non-hydrogen) atoms. The zero-order chi connectivity index (χ0) is 17.9. The molecule has 2 heterocycles. The molecule has 0 amide bonds. The van der Waals surface area contributed by atoms with Crippen LogP contribution in [0.2, 0.25) is 0 Å². The van der Waals surface area contributed by atoms with Crippen LogP contribution >= 0.6 is 11.3 Å². The van der Waals surface area contributed by atoms with Crippen LogP contribution in [0, 0.1) is 5.41 Å². The van der Waals surface area contributed by atoms with Gasteiger partial charge in [-0.3, -0.25) is 4.79 Å². The topological polar surface area (TPSA) is 29.1 Å². The van der Waals surface area contributed by atoms with Crippen LogP contribution in [0.1, 0.15) is 43.2 Å². The van der Waals surface area contributed by atoms with E-state index in [-0.39, 0.29) is 11.5 Å². The molecule has 3 aromatic rings. The van der Waals surface area contributed by atoms with Gasteiger partial charge >= 0.3 is 0 Å². The number of thiophene rings is 1. The molecule has 1 aliphatic heterocycles. The third-order valence-corrected chi connectivity index (χ3v) is 6.50. The molecule has 2 aromatic carbocycles. The minimum Gasteiger partial charge on any atom is -0.373 e. The largest absolute Gasteiger partial charge is 0.373 e. The molecule has 1 atom stereocenters. The van der Waals surface area contributed by atoms with Gasteiger partial charge in [0, 0.05) is 28.1 Å². The first-order valence-electron chi connectivity index (χ1n) is 9.12. The molecule has 0 fully saturated rings. The predicted octanol–water partition coefficient (Wildman–Crippen LogP) is 6.21. The molecule has 2 nitrogen and oxygen atoms in total. The Bertz CT molecular complexity index is 1060. The van der Waals surface area contributed by atoms with Crippen LogP contribution in [-0.2, 0) is 4.79 Å². The SMILES string of the molecule is CC1(C)CC(=O)C2=C(C1)c1c(ccc3ccccc13)N[C@@H]2c1cccs1. The van der Waals surface area contributed by atoms with Gasteiger partial charge in [-0.1, -0.05) is 50.2 Å². The molecule has 0 unspecified atom stereocenters. The van der Waals surface area contributed by atoms with Gasteiger partial charge < -0.3 is 5.32 Å². The first-order chi connectivity index (χ1) is 12.5. The van der Waals surface area contributed by atoms with Crippen molar-refractivity contribution in [2.24, 2.45) is 5.41 Å². The lowest BCUT2D eigenvalue weighted by Gasteiger charge is -2.39. The predicted molar refractivity (Wildman–Crippen MR) is 110 cm³/mol. The number of Topliss-reactive ketones (excluding diaryl/α,β-unsaturated/α-hetero) is 1. The number of carbonyl (C=O) groups is 1. The fourth-order valence-electron chi connectivity index (χ4n) is 4.51. The van der Waals surface area contributed by atoms with Crippen molar-refractivity contribution in [3.05, 3.63) is 69.9 Å². The molecule has 0 spiro atoms. The van der Waals surface area contributed by atoms with Crippen molar-refractivity contribution in [3.8, 4) is 0 Å². The average Bonchev–Trinajstić information content (AvgIpc) is 3.14. The molecular formula is C23H21NOS. The number of fused-ring (bicyclic) bond motifs is 4. The highest BCUT2D eigenvalue weighted by molar-refractivity contribution is 7.10. The molecule has 1 aliphatic carbocycles. The minimum atomic E-state index is -0.0257. The minimum absolute atomic E-state index is 0.00146. The van der Waals surface area contributed by atoms with Crippen molar-refractivity contribution < 1.29 is 4.79 Å². The number of benzene rings is 2. The Morgan fingerprint density at radius 2 is 1.88 bits per heavy atom. The van der Waals surface area contributed by atoms with E-state index in [0.717, 1.165) is 17.7 Å². The second-order valence-electron chi connectivity index (χ2n) is 8.14. The van der Waals surface area contributed by atoms with E-state index in [1.165, 1.54) is 26.8 Å². The summed E-state index contributed by atoms with van der Waals surface area (Å²) in [5, 5.41) is 8.23. The molecule has 0 bridgehead atoms. The highest BCUT2D eigenvalue weighted by Gasteiger charge is 2.40. The van der Waals surface area contributed by atoms with Gasteiger partial charge in [-0.05, 0) is 45.7 Å². The number of rotatable bonds is 1. The second-order valence-corrected chi connectivity index (χ2v) is 9.11. The smallest absolute Gasteiger partial charge is 0.162 e. The van der Waals surface area contributed by atoms with Gasteiger partial charge in [0.1, 0.15) is 0 Å². The van der Waals surface area contributed by atoms with Crippen LogP contribution < -0.4 is 5.32 Å². The Morgan fingerprint density at radius 3 is 2.69 bits per heavy atom. The van der Waals surface area contributed by atoms with Crippen molar-refractivity contribution in [2.45, 2.75) is 32.7 Å². The van der Waals surface area contributed by atoms with Gasteiger partial charge in [0.05, 0.1) is 6.04 Å². The van der Waals surface area contributed by atoms with Gasteiger partial charge in [0.2, 0.25) is 0 Å². The zero-order valence-corrected chi connectivity index (χ0v) is 15.8. The Morgan fingerprint density at radius 1 is 1.04 bits per heavy atom. The lowest BCUT2D eigenvalue weighted by Crippen LogP contribution is -2.32. The molecule has 2 aliphatic rings. The average molecular weight is 359 g/mol. The summed E-state index contributed by atoms with van der Waals surface area (Å²) in [6.07, 6.45) is 1.56. The molecule has 0 radical (unpaired) electrons. The van der Waals surface area contributed by atoms with Crippen molar-refractivity contribution >= 4 is 39.2 Å².